The number of hydrogen-bond acceptors (Lipinski definition) is 4. The Morgan fingerprint density at radius 2 is 2.47 bits per heavy atom. The van der Waals surface area contributed by atoms with Gasteiger partial charge in [0.1, 0.15) is 5.56 Å². The third-order valence-corrected chi connectivity index (χ3v) is 1.92. The van der Waals surface area contributed by atoms with Crippen molar-refractivity contribution in [1.29, 1.82) is 0 Å². The zero-order chi connectivity index (χ0) is 10.7. The maximum Gasteiger partial charge on any atom is 0.256 e. The number of nitrogens with one attached hydrogen (secondary N) is 1. The van der Waals surface area contributed by atoms with Crippen LogP contribution in [0.25, 0.3) is 5.65 Å². The Labute approximate surface area is 85.6 Å². The first-order valence-corrected chi connectivity index (χ1v) is 4.50. The van der Waals surface area contributed by atoms with E-state index in [1.54, 1.807) is 18.5 Å². The summed E-state index contributed by atoms with van der Waals surface area (Å²) in [4.78, 5) is 15.6. The fourth-order valence-electron chi connectivity index (χ4n) is 1.25. The molecule has 0 aliphatic rings. The smallest absolute Gasteiger partial charge is 0.256 e. The highest BCUT2D eigenvalue weighted by Crippen LogP contribution is 2.05. The van der Waals surface area contributed by atoms with Crippen LogP contribution in [0.15, 0.2) is 24.7 Å². The van der Waals surface area contributed by atoms with E-state index in [1.807, 2.05) is 0 Å². The fourth-order valence-corrected chi connectivity index (χ4v) is 1.25. The van der Waals surface area contributed by atoms with Gasteiger partial charge in [0.2, 0.25) is 0 Å². The van der Waals surface area contributed by atoms with Gasteiger partial charge < -0.3 is 10.4 Å². The lowest BCUT2D eigenvalue weighted by atomic mass is 10.3. The second-order valence-corrected chi connectivity index (χ2v) is 2.93. The Bertz CT molecular complexity index is 480. The standard InChI is InChI=1S/C9H10N4O2/c14-5-3-11-9(15)7-6-12-13-4-1-2-10-8(7)13/h1-2,4,6,14H,3,5H2,(H,11,15). The summed E-state index contributed by atoms with van der Waals surface area (Å²) in [5.74, 6) is -0.280. The Hall–Kier alpha value is -1.95. The van der Waals surface area contributed by atoms with Crippen molar-refractivity contribution >= 4 is 11.6 Å². The van der Waals surface area contributed by atoms with Crippen molar-refractivity contribution in [2.75, 3.05) is 13.2 Å². The number of nitrogens with zero attached hydrogens (tertiary/aromatic N) is 3. The molecule has 0 spiro atoms. The molecule has 6 nitrogen and oxygen atoms in total. The van der Waals surface area contributed by atoms with Crippen LogP contribution in [0.5, 0.6) is 0 Å². The number of fused-ring (bicyclic) bond motifs is 1. The largest absolute Gasteiger partial charge is 0.395 e. The minimum absolute atomic E-state index is 0.0849. The molecule has 0 aliphatic carbocycles. The highest BCUT2D eigenvalue weighted by Gasteiger charge is 2.12. The van der Waals surface area contributed by atoms with E-state index in [9.17, 15) is 4.79 Å². The van der Waals surface area contributed by atoms with Gasteiger partial charge in [-0.3, -0.25) is 4.79 Å². The number of rotatable bonds is 3. The summed E-state index contributed by atoms with van der Waals surface area (Å²) in [6.07, 6.45) is 4.76. The van der Waals surface area contributed by atoms with Crippen molar-refractivity contribution < 1.29 is 9.90 Å². The highest BCUT2D eigenvalue weighted by atomic mass is 16.3. The molecular formula is C9H10N4O2. The number of carbonyl (C=O) groups excluding carboxylic acids is 1. The molecule has 1 amide bonds. The second-order valence-electron chi connectivity index (χ2n) is 2.93. The Balaban J connectivity index is 2.31. The lowest BCUT2D eigenvalue weighted by Crippen LogP contribution is -2.26. The molecule has 2 heterocycles. The van der Waals surface area contributed by atoms with Crippen LogP contribution in [0.1, 0.15) is 10.4 Å². The van der Waals surface area contributed by atoms with Gasteiger partial charge in [-0.05, 0) is 6.07 Å². The zero-order valence-electron chi connectivity index (χ0n) is 7.92. The summed E-state index contributed by atoms with van der Waals surface area (Å²) in [5.41, 5.74) is 0.914. The summed E-state index contributed by atoms with van der Waals surface area (Å²) in [7, 11) is 0. The number of aliphatic hydroxyl groups is 1. The van der Waals surface area contributed by atoms with Gasteiger partial charge in [-0.15, -0.1) is 0 Å². The molecular weight excluding hydrogens is 196 g/mol. The molecule has 0 radical (unpaired) electrons. The first-order chi connectivity index (χ1) is 7.33. The van der Waals surface area contributed by atoms with Crippen molar-refractivity contribution in [3.63, 3.8) is 0 Å². The van der Waals surface area contributed by atoms with Gasteiger partial charge in [0.25, 0.3) is 5.91 Å². The van der Waals surface area contributed by atoms with Gasteiger partial charge in [-0.2, -0.15) is 5.10 Å². The van der Waals surface area contributed by atoms with Gasteiger partial charge in [-0.25, -0.2) is 9.50 Å². The second kappa shape index (κ2) is 4.05. The van der Waals surface area contributed by atoms with Crippen LogP contribution in [0.2, 0.25) is 0 Å². The lowest BCUT2D eigenvalue weighted by molar-refractivity contribution is 0.0946. The Morgan fingerprint density at radius 1 is 1.60 bits per heavy atom. The topological polar surface area (TPSA) is 79.5 Å². The van der Waals surface area contributed by atoms with Crippen LogP contribution in [0.3, 0.4) is 0 Å². The van der Waals surface area contributed by atoms with Gasteiger partial charge >= 0.3 is 0 Å². The average molecular weight is 206 g/mol. The summed E-state index contributed by atoms with van der Waals surface area (Å²) >= 11 is 0. The molecule has 0 bridgehead atoms. The fraction of sp³-hybridized carbons (Fsp3) is 0.222. The summed E-state index contributed by atoms with van der Waals surface area (Å²) in [5, 5.41) is 15.1. The number of carbonyl (C=O) groups is 1. The molecule has 2 N–H and O–H groups in total. The van der Waals surface area contributed by atoms with Crippen LogP contribution in [-0.2, 0) is 0 Å². The third kappa shape index (κ3) is 1.79. The monoisotopic (exact) mass is 206 g/mol. The first-order valence-electron chi connectivity index (χ1n) is 4.50. The molecule has 0 atom stereocenters. The molecule has 0 saturated carbocycles. The summed E-state index contributed by atoms with van der Waals surface area (Å²) < 4.78 is 1.52. The summed E-state index contributed by atoms with van der Waals surface area (Å²) in [6, 6.07) is 1.73. The molecule has 0 aromatic carbocycles. The maximum atomic E-state index is 11.6. The normalized spacial score (nSPS) is 10.5. The molecule has 6 heteroatoms. The maximum absolute atomic E-state index is 11.6. The van der Waals surface area contributed by atoms with Crippen molar-refractivity contribution in [1.82, 2.24) is 19.9 Å². The van der Waals surface area contributed by atoms with Crippen molar-refractivity contribution in [3.05, 3.63) is 30.2 Å². The number of aromatic nitrogens is 3. The molecule has 0 fully saturated rings. The van der Waals surface area contributed by atoms with Crippen molar-refractivity contribution in [2.24, 2.45) is 0 Å². The zero-order valence-corrected chi connectivity index (χ0v) is 7.92. The predicted octanol–water partition coefficient (Wildman–Crippen LogP) is -0.549. The van der Waals surface area contributed by atoms with Crippen LogP contribution in [0, 0.1) is 0 Å². The number of hydrogen-bond donors (Lipinski definition) is 2. The van der Waals surface area contributed by atoms with E-state index in [0.717, 1.165) is 0 Å². The Kier molecular flexibility index (Phi) is 2.59. The quantitative estimate of drug-likeness (QED) is 0.706. The third-order valence-electron chi connectivity index (χ3n) is 1.92. The molecule has 0 aliphatic heterocycles. The van der Waals surface area contributed by atoms with E-state index in [1.165, 1.54) is 10.7 Å². The molecule has 78 valence electrons. The van der Waals surface area contributed by atoms with Gasteiger partial charge in [0.15, 0.2) is 5.65 Å². The molecule has 2 rings (SSSR count). The minimum atomic E-state index is -0.280. The number of amides is 1. The molecule has 2 aromatic rings. The molecule has 0 saturated heterocycles. The van der Waals surface area contributed by atoms with Gasteiger partial charge in [-0.1, -0.05) is 0 Å². The SMILES string of the molecule is O=C(NCCO)c1cnn2cccnc12. The minimum Gasteiger partial charge on any atom is -0.395 e. The van der Waals surface area contributed by atoms with E-state index in [4.69, 9.17) is 5.11 Å². The molecule has 2 aromatic heterocycles. The van der Waals surface area contributed by atoms with E-state index in [2.05, 4.69) is 15.4 Å². The number of aliphatic hydroxyl groups excluding tert-OH is 1. The van der Waals surface area contributed by atoms with Gasteiger partial charge in [0.05, 0.1) is 12.8 Å². The predicted molar refractivity (Wildman–Crippen MR) is 52.4 cm³/mol. The highest BCUT2D eigenvalue weighted by molar-refractivity contribution is 5.99. The lowest BCUT2D eigenvalue weighted by Gasteiger charge is -1.99. The molecule has 0 unspecified atom stereocenters. The molecule has 15 heavy (non-hydrogen) atoms. The van der Waals surface area contributed by atoms with Crippen molar-refractivity contribution in [2.45, 2.75) is 0 Å². The van der Waals surface area contributed by atoms with E-state index in [-0.39, 0.29) is 19.1 Å². The average Bonchev–Trinajstić information content (AvgIpc) is 2.69. The van der Waals surface area contributed by atoms with Gasteiger partial charge in [0, 0.05) is 18.9 Å². The van der Waals surface area contributed by atoms with Crippen LogP contribution < -0.4 is 5.32 Å². The Morgan fingerprint density at radius 3 is 3.27 bits per heavy atom. The van der Waals surface area contributed by atoms with Crippen LogP contribution in [-0.4, -0.2) is 38.8 Å². The van der Waals surface area contributed by atoms with E-state index in [0.29, 0.717) is 11.2 Å². The van der Waals surface area contributed by atoms with Crippen LogP contribution in [0.4, 0.5) is 0 Å². The van der Waals surface area contributed by atoms with Crippen LogP contribution >= 0.6 is 0 Å². The van der Waals surface area contributed by atoms with Crippen molar-refractivity contribution in [3.8, 4) is 0 Å². The van der Waals surface area contributed by atoms with E-state index < -0.39 is 0 Å². The summed E-state index contributed by atoms with van der Waals surface area (Å²) in [6.45, 7) is 0.140. The first kappa shape index (κ1) is 9.60. The van der Waals surface area contributed by atoms with E-state index >= 15 is 0 Å².